The zero-order chi connectivity index (χ0) is 5.70. The molecule has 0 aliphatic carbocycles. The number of rotatable bonds is 3. The first-order chi connectivity index (χ1) is 3.27. The number of hydrogen-bond donors (Lipinski definition) is 0. The van der Waals surface area contributed by atoms with E-state index in [9.17, 15) is 4.79 Å². The Morgan fingerprint density at radius 3 is 2.29 bits per heavy atom. The van der Waals surface area contributed by atoms with Gasteiger partial charge in [0.1, 0.15) is 6.61 Å². The second-order valence-electron chi connectivity index (χ2n) is 1.61. The van der Waals surface area contributed by atoms with E-state index >= 15 is 0 Å². The molecule has 0 saturated carbocycles. The minimum Gasteiger partial charge on any atom is -0.460 e. The van der Waals surface area contributed by atoms with Gasteiger partial charge < -0.3 is 4.74 Å². The first kappa shape index (κ1) is 6.47. The third kappa shape index (κ3) is 5.47. The molecule has 0 aromatic carbocycles. The fraction of sp³-hybridized carbons (Fsp3) is 0.600. The summed E-state index contributed by atoms with van der Waals surface area (Å²) in [6.07, 6.45) is 0. The summed E-state index contributed by atoms with van der Waals surface area (Å²) in [7, 11) is 0. The Morgan fingerprint density at radius 1 is 1.57 bits per heavy atom. The largest absolute Gasteiger partial charge is 0.460 e. The summed E-state index contributed by atoms with van der Waals surface area (Å²) in [5.74, 6) is 0.324. The van der Waals surface area contributed by atoms with Crippen molar-refractivity contribution < 1.29 is 9.53 Å². The van der Waals surface area contributed by atoms with Crippen molar-refractivity contribution in [1.82, 2.24) is 0 Å². The first-order valence-corrected chi connectivity index (χ1v) is 2.20. The average Bonchev–Trinajstić information content (AvgIpc) is 1.61. The van der Waals surface area contributed by atoms with Crippen molar-refractivity contribution in [1.29, 1.82) is 0 Å². The zero-order valence-electron chi connectivity index (χ0n) is 4.55. The summed E-state index contributed by atoms with van der Waals surface area (Å²) >= 11 is 0. The maximum Gasteiger partial charge on any atom is 0.293 e. The molecule has 0 aromatic heterocycles. The van der Waals surface area contributed by atoms with Gasteiger partial charge in [-0.2, -0.15) is 0 Å². The highest BCUT2D eigenvalue weighted by molar-refractivity contribution is 5.37. The van der Waals surface area contributed by atoms with Crippen LogP contribution in [-0.4, -0.2) is 6.47 Å². The number of ether oxygens (including phenoxy) is 1. The third-order valence-electron chi connectivity index (χ3n) is 0.406. The molecule has 0 aliphatic heterocycles. The van der Waals surface area contributed by atoms with Crippen molar-refractivity contribution in [3.8, 4) is 0 Å². The van der Waals surface area contributed by atoms with E-state index in [0.717, 1.165) is 0 Å². The number of carbonyl (C=O) groups is 1. The smallest absolute Gasteiger partial charge is 0.293 e. The first-order valence-electron chi connectivity index (χ1n) is 2.20. The van der Waals surface area contributed by atoms with Crippen LogP contribution in [0, 0.1) is 12.5 Å². The molecule has 0 amide bonds. The van der Waals surface area contributed by atoms with Gasteiger partial charge in [0.2, 0.25) is 0 Å². The van der Waals surface area contributed by atoms with Crippen molar-refractivity contribution in [2.75, 3.05) is 0 Å². The molecule has 0 N–H and O–H groups in total. The van der Waals surface area contributed by atoms with Crippen LogP contribution in [0.25, 0.3) is 0 Å². The van der Waals surface area contributed by atoms with Crippen LogP contribution in [0.15, 0.2) is 0 Å². The highest BCUT2D eigenvalue weighted by atomic mass is 16.5. The number of carbonyl (C=O) groups excluding carboxylic acids is 1. The maximum atomic E-state index is 9.46. The monoisotopic (exact) mass is 101 g/mol. The molecule has 0 heterocycles. The van der Waals surface area contributed by atoms with Crippen LogP contribution in [-0.2, 0) is 9.53 Å². The van der Waals surface area contributed by atoms with E-state index in [0.29, 0.717) is 12.4 Å². The highest BCUT2D eigenvalue weighted by Crippen LogP contribution is 1.95. The van der Waals surface area contributed by atoms with Gasteiger partial charge in [-0.3, -0.25) is 4.79 Å². The SMILES string of the molecule is CC(C)[CH]OC=O. The van der Waals surface area contributed by atoms with Gasteiger partial charge in [0.15, 0.2) is 0 Å². The molecule has 0 saturated heterocycles. The molecular formula is C5H9O2. The lowest BCUT2D eigenvalue weighted by Gasteiger charge is -1.96. The Balaban J connectivity index is 2.81. The molecule has 2 nitrogen and oxygen atoms in total. The summed E-state index contributed by atoms with van der Waals surface area (Å²) in [4.78, 5) is 9.46. The fourth-order valence-corrected chi connectivity index (χ4v) is 0.189. The van der Waals surface area contributed by atoms with E-state index in [4.69, 9.17) is 0 Å². The molecule has 41 valence electrons. The Hall–Kier alpha value is -0.530. The molecular weight excluding hydrogens is 92.1 g/mol. The predicted molar refractivity (Wildman–Crippen MR) is 26.3 cm³/mol. The Bertz CT molecular complexity index is 50.0. The lowest BCUT2D eigenvalue weighted by molar-refractivity contribution is -0.126. The van der Waals surface area contributed by atoms with Gasteiger partial charge in [-0.05, 0) is 5.92 Å². The van der Waals surface area contributed by atoms with Crippen LogP contribution in [0.4, 0.5) is 0 Å². The van der Waals surface area contributed by atoms with Crippen molar-refractivity contribution in [2.45, 2.75) is 13.8 Å². The van der Waals surface area contributed by atoms with Crippen LogP contribution >= 0.6 is 0 Å². The van der Waals surface area contributed by atoms with Crippen molar-refractivity contribution >= 4 is 6.47 Å². The van der Waals surface area contributed by atoms with Gasteiger partial charge in [0.25, 0.3) is 6.47 Å². The van der Waals surface area contributed by atoms with Crippen molar-refractivity contribution in [2.24, 2.45) is 5.92 Å². The van der Waals surface area contributed by atoms with Gasteiger partial charge in [-0.15, -0.1) is 0 Å². The van der Waals surface area contributed by atoms with Gasteiger partial charge >= 0.3 is 0 Å². The average molecular weight is 101 g/mol. The summed E-state index contributed by atoms with van der Waals surface area (Å²) < 4.78 is 4.29. The third-order valence-corrected chi connectivity index (χ3v) is 0.406. The second kappa shape index (κ2) is 3.65. The van der Waals surface area contributed by atoms with Crippen molar-refractivity contribution in [3.05, 3.63) is 6.61 Å². The predicted octanol–water partition coefficient (Wildman–Crippen LogP) is 0.977. The maximum absolute atomic E-state index is 9.46. The topological polar surface area (TPSA) is 26.3 Å². The van der Waals surface area contributed by atoms with E-state index in [2.05, 4.69) is 4.74 Å². The van der Waals surface area contributed by atoms with Crippen LogP contribution in [0.2, 0.25) is 0 Å². The van der Waals surface area contributed by atoms with Gasteiger partial charge in [-0.25, -0.2) is 0 Å². The molecule has 0 aliphatic rings. The van der Waals surface area contributed by atoms with Gasteiger partial charge in [0.05, 0.1) is 0 Å². The molecule has 1 radical (unpaired) electrons. The van der Waals surface area contributed by atoms with Crippen LogP contribution in [0.5, 0.6) is 0 Å². The van der Waals surface area contributed by atoms with E-state index in [1.54, 1.807) is 0 Å². The summed E-state index contributed by atoms with van der Waals surface area (Å²) in [5.41, 5.74) is 0. The molecule has 0 aromatic rings. The van der Waals surface area contributed by atoms with Crippen LogP contribution in [0.3, 0.4) is 0 Å². The van der Waals surface area contributed by atoms with Gasteiger partial charge in [-0.1, -0.05) is 13.8 Å². The van der Waals surface area contributed by atoms with Gasteiger partial charge in [0, 0.05) is 0 Å². The molecule has 0 atom stereocenters. The lowest BCUT2D eigenvalue weighted by atomic mass is 10.2. The Labute approximate surface area is 43.5 Å². The lowest BCUT2D eigenvalue weighted by Crippen LogP contribution is -1.91. The summed E-state index contributed by atoms with van der Waals surface area (Å²) in [6, 6.07) is 0. The molecule has 0 fully saturated rings. The molecule has 0 rings (SSSR count). The zero-order valence-corrected chi connectivity index (χ0v) is 4.55. The minimum atomic E-state index is 0.324. The van der Waals surface area contributed by atoms with E-state index in [-0.39, 0.29) is 0 Å². The molecule has 0 spiro atoms. The fourth-order valence-electron chi connectivity index (χ4n) is 0.189. The highest BCUT2D eigenvalue weighted by Gasteiger charge is 1.90. The summed E-state index contributed by atoms with van der Waals surface area (Å²) in [6.45, 7) is 5.76. The van der Waals surface area contributed by atoms with E-state index in [1.165, 1.54) is 6.61 Å². The Kier molecular flexibility index (Phi) is 3.38. The van der Waals surface area contributed by atoms with Crippen LogP contribution < -0.4 is 0 Å². The standard InChI is InChI=1S/C5H9O2/c1-5(2)3-7-4-6/h3-5H,1-2H3. The molecule has 2 heteroatoms. The van der Waals surface area contributed by atoms with E-state index in [1.807, 2.05) is 13.8 Å². The van der Waals surface area contributed by atoms with Crippen LogP contribution in [0.1, 0.15) is 13.8 Å². The normalized spacial score (nSPS) is 9.00. The Morgan fingerprint density at radius 2 is 2.14 bits per heavy atom. The molecule has 0 unspecified atom stereocenters. The minimum absolute atomic E-state index is 0.324. The van der Waals surface area contributed by atoms with Crippen molar-refractivity contribution in [3.63, 3.8) is 0 Å². The summed E-state index contributed by atoms with van der Waals surface area (Å²) in [5, 5.41) is 0. The molecule has 0 bridgehead atoms. The van der Waals surface area contributed by atoms with E-state index < -0.39 is 0 Å². The quantitative estimate of drug-likeness (QED) is 0.495. The molecule has 7 heavy (non-hydrogen) atoms. The number of hydrogen-bond acceptors (Lipinski definition) is 2. The second-order valence-corrected chi connectivity index (χ2v) is 1.61.